The Bertz CT molecular complexity index is 1120. The molecule has 0 bridgehead atoms. The molecule has 0 spiro atoms. The van der Waals surface area contributed by atoms with Crippen molar-refractivity contribution in [3.05, 3.63) is 64.2 Å². The van der Waals surface area contributed by atoms with Gasteiger partial charge in [-0.25, -0.2) is 0 Å². The van der Waals surface area contributed by atoms with Crippen LogP contribution in [0.5, 0.6) is 5.75 Å². The van der Waals surface area contributed by atoms with Crippen LogP contribution in [0.2, 0.25) is 0 Å². The van der Waals surface area contributed by atoms with Gasteiger partial charge in [0.05, 0.1) is 11.5 Å². The predicted molar refractivity (Wildman–Crippen MR) is 131 cm³/mol. The Balaban J connectivity index is 2.84. The van der Waals surface area contributed by atoms with Crippen LogP contribution in [0.3, 0.4) is 0 Å². The number of rotatable bonds is 10. The highest BCUT2D eigenvalue weighted by Gasteiger charge is 2.42. The molecule has 6 nitrogen and oxygen atoms in total. The van der Waals surface area contributed by atoms with Crippen LogP contribution in [-0.4, -0.2) is 43.9 Å². The molecule has 0 aliphatic rings. The number of alkyl halides is 6. The van der Waals surface area contributed by atoms with E-state index in [-0.39, 0.29) is 35.1 Å². The number of amides is 1. The molecular formula is C24H29F6N2O4S+. The largest absolute Gasteiger partial charge is 0.593 e. The standard InChI is InChI=1S/C24H28F6N2O4S/c1-3-8-15-12-17(21(31)24(28,29)30)20(33)16(9-4-2)18(15)19(14-10-6-5-7-11-14)22(34)32-37(35,36)13-23(25,26)27/h5-7,10-12,19,31,33,35-36H,3-4,8-9,13H2,1-2H3,(H,32,34)/p+1. The summed E-state index contributed by atoms with van der Waals surface area (Å²) >= 11 is 0. The maximum absolute atomic E-state index is 13.4. The van der Waals surface area contributed by atoms with E-state index in [4.69, 9.17) is 10.5 Å². The maximum atomic E-state index is 13.4. The average Bonchev–Trinajstić information content (AvgIpc) is 2.75. The number of halogens is 6. The minimum atomic E-state index is -5.03. The summed E-state index contributed by atoms with van der Waals surface area (Å²) in [5.74, 6) is -5.36. The minimum Gasteiger partial charge on any atom is -0.593 e. The van der Waals surface area contributed by atoms with Gasteiger partial charge in [0.15, 0.2) is 11.5 Å². The van der Waals surface area contributed by atoms with E-state index >= 15 is 0 Å². The first-order valence-corrected chi connectivity index (χ1v) is 13.0. The zero-order valence-corrected chi connectivity index (χ0v) is 20.9. The van der Waals surface area contributed by atoms with Crippen molar-refractivity contribution in [2.24, 2.45) is 0 Å². The van der Waals surface area contributed by atoms with E-state index in [1.54, 1.807) is 24.6 Å². The summed E-state index contributed by atoms with van der Waals surface area (Å²) in [5, 5.41) is 16.1. The van der Waals surface area contributed by atoms with Crippen LogP contribution < -0.4 is 4.72 Å². The molecule has 0 heterocycles. The smallest absolute Gasteiger partial charge is 0.433 e. The Morgan fingerprint density at radius 3 is 2.11 bits per heavy atom. The van der Waals surface area contributed by atoms with E-state index in [2.05, 4.69) is 0 Å². The van der Waals surface area contributed by atoms with Gasteiger partial charge in [-0.15, -0.1) is 10.8 Å². The Hall–Kier alpha value is -2.77. The fourth-order valence-electron chi connectivity index (χ4n) is 4.09. The zero-order chi connectivity index (χ0) is 28.2. The van der Waals surface area contributed by atoms with Crippen LogP contribution in [0.15, 0.2) is 36.4 Å². The lowest BCUT2D eigenvalue weighted by Gasteiger charge is -2.35. The molecule has 0 aliphatic carbocycles. The van der Waals surface area contributed by atoms with Gasteiger partial charge in [0.2, 0.25) is 5.91 Å². The molecule has 0 fully saturated rings. The zero-order valence-electron chi connectivity index (χ0n) is 20.1. The predicted octanol–water partition coefficient (Wildman–Crippen LogP) is 6.44. The lowest BCUT2D eigenvalue weighted by Crippen LogP contribution is -2.37. The van der Waals surface area contributed by atoms with Gasteiger partial charge in [-0.1, -0.05) is 57.0 Å². The van der Waals surface area contributed by atoms with Crippen LogP contribution in [0.1, 0.15) is 60.4 Å². The molecular weight excluding hydrogens is 526 g/mol. The van der Waals surface area contributed by atoms with Crippen molar-refractivity contribution in [3.63, 3.8) is 0 Å². The van der Waals surface area contributed by atoms with Gasteiger partial charge in [-0.2, -0.15) is 26.3 Å². The molecule has 1 amide bonds. The van der Waals surface area contributed by atoms with Crippen molar-refractivity contribution < 1.29 is 45.3 Å². The molecule has 2 rings (SSSR count). The van der Waals surface area contributed by atoms with E-state index in [9.17, 15) is 40.2 Å². The first-order chi connectivity index (χ1) is 17.0. The summed E-state index contributed by atoms with van der Waals surface area (Å²) in [7, 11) is -4.66. The molecule has 0 radical (unpaired) electrons. The second kappa shape index (κ2) is 11.7. The van der Waals surface area contributed by atoms with Crippen molar-refractivity contribution in [3.8, 4) is 5.75 Å². The Morgan fingerprint density at radius 2 is 1.62 bits per heavy atom. The van der Waals surface area contributed by atoms with E-state index in [1.165, 1.54) is 24.3 Å². The monoisotopic (exact) mass is 555 g/mol. The van der Waals surface area contributed by atoms with Gasteiger partial charge in [-0.3, -0.25) is 24.0 Å². The van der Waals surface area contributed by atoms with Gasteiger partial charge in [0.1, 0.15) is 5.56 Å². The average molecular weight is 556 g/mol. The Morgan fingerprint density at radius 1 is 1.05 bits per heavy atom. The second-order valence-corrected chi connectivity index (χ2v) is 10.3. The van der Waals surface area contributed by atoms with Crippen molar-refractivity contribution >= 4 is 22.4 Å². The van der Waals surface area contributed by atoms with Gasteiger partial charge in [-0.05, 0) is 35.6 Å². The first kappa shape index (κ1) is 30.5. The SMILES string of the molecule is CCCc1cc(C(=N)C(F)(F)F)c([OH2+])c(CCC)c1C(C(=O)NS(O)(O)CC(F)(F)F)c1ccccc1. The summed E-state index contributed by atoms with van der Waals surface area (Å²) < 4.78 is 100. The van der Waals surface area contributed by atoms with E-state index < -0.39 is 57.7 Å². The minimum absolute atomic E-state index is 0.0359. The third kappa shape index (κ3) is 7.86. The topological polar surface area (TPSA) is 116 Å². The highest BCUT2D eigenvalue weighted by atomic mass is 32.3. The normalized spacial score (nSPS) is 13.8. The van der Waals surface area contributed by atoms with Crippen LogP contribution >= 0.6 is 10.8 Å². The van der Waals surface area contributed by atoms with Gasteiger partial charge in [0, 0.05) is 0 Å². The van der Waals surface area contributed by atoms with Gasteiger partial charge in [0.25, 0.3) is 5.75 Å². The summed E-state index contributed by atoms with van der Waals surface area (Å²) in [5.41, 5.74) is -1.81. The van der Waals surface area contributed by atoms with Gasteiger partial charge < -0.3 is 5.11 Å². The maximum Gasteiger partial charge on any atom is 0.433 e. The number of aryl methyl sites for hydroxylation is 1. The highest BCUT2D eigenvalue weighted by molar-refractivity contribution is 8.23. The molecule has 13 heteroatoms. The number of carbonyl (C=O) groups excluding carboxylic acids is 1. The van der Waals surface area contributed by atoms with E-state index in [1.807, 2.05) is 0 Å². The lowest BCUT2D eigenvalue weighted by molar-refractivity contribution is -0.120. The van der Waals surface area contributed by atoms with Crippen LogP contribution in [0.4, 0.5) is 26.3 Å². The summed E-state index contributed by atoms with van der Waals surface area (Å²) in [6, 6.07) is 8.66. The molecule has 2 aromatic rings. The van der Waals surface area contributed by atoms with Crippen LogP contribution in [-0.2, 0) is 17.6 Å². The van der Waals surface area contributed by atoms with Crippen molar-refractivity contribution in [2.45, 2.75) is 57.8 Å². The Labute approximate surface area is 211 Å². The highest BCUT2D eigenvalue weighted by Crippen LogP contribution is 2.44. The molecule has 0 aliphatic heterocycles. The molecule has 37 heavy (non-hydrogen) atoms. The molecule has 1 unspecified atom stereocenters. The lowest BCUT2D eigenvalue weighted by atomic mass is 9.80. The molecule has 6 N–H and O–H groups in total. The first-order valence-electron chi connectivity index (χ1n) is 11.3. The third-order valence-corrected chi connectivity index (χ3v) is 6.70. The molecule has 2 aromatic carbocycles. The number of hydrogen-bond acceptors (Lipinski definition) is 4. The third-order valence-electron chi connectivity index (χ3n) is 5.45. The number of nitrogens with one attached hydrogen (secondary N) is 2. The summed E-state index contributed by atoms with van der Waals surface area (Å²) in [6.45, 7) is 3.42. The second-order valence-electron chi connectivity index (χ2n) is 8.46. The van der Waals surface area contributed by atoms with E-state index in [0.717, 1.165) is 6.07 Å². The van der Waals surface area contributed by atoms with E-state index in [0.29, 0.717) is 12.8 Å². The van der Waals surface area contributed by atoms with Crippen molar-refractivity contribution in [1.29, 1.82) is 5.41 Å². The molecule has 0 saturated carbocycles. The van der Waals surface area contributed by atoms with Crippen molar-refractivity contribution in [1.82, 2.24) is 4.72 Å². The summed E-state index contributed by atoms with van der Waals surface area (Å²) in [6.07, 6.45) is -9.10. The number of hydrogen-bond donors (Lipinski definition) is 4. The quantitative estimate of drug-likeness (QED) is 0.154. The summed E-state index contributed by atoms with van der Waals surface area (Å²) in [4.78, 5) is 13.4. The number of benzene rings is 2. The molecule has 1 atom stereocenters. The molecule has 0 aromatic heterocycles. The Kier molecular flexibility index (Phi) is 9.66. The van der Waals surface area contributed by atoms with Crippen LogP contribution in [0, 0.1) is 5.41 Å². The molecule has 0 saturated heterocycles. The van der Waals surface area contributed by atoms with Gasteiger partial charge >= 0.3 is 12.4 Å². The molecule has 206 valence electrons. The van der Waals surface area contributed by atoms with Crippen LogP contribution in [0.25, 0.3) is 0 Å². The van der Waals surface area contributed by atoms with Crippen molar-refractivity contribution in [2.75, 3.05) is 5.75 Å². The fourth-order valence-corrected chi connectivity index (χ4v) is 5.06. The number of carbonyl (C=O) groups is 1. The fraction of sp³-hybridized carbons (Fsp3) is 0.417.